The van der Waals surface area contributed by atoms with Crippen molar-refractivity contribution in [1.29, 1.82) is 0 Å². The summed E-state index contributed by atoms with van der Waals surface area (Å²) in [7, 11) is 0. The highest BCUT2D eigenvalue weighted by molar-refractivity contribution is 6.30. The van der Waals surface area contributed by atoms with Gasteiger partial charge in [-0.2, -0.15) is 0 Å². The second-order valence-electron chi connectivity index (χ2n) is 4.54. The zero-order chi connectivity index (χ0) is 13.0. The maximum Gasteiger partial charge on any atom is 0.231 e. The van der Waals surface area contributed by atoms with E-state index in [1.54, 1.807) is 0 Å². The molecule has 2 N–H and O–H groups in total. The molecule has 0 aromatic heterocycles. The van der Waals surface area contributed by atoms with Crippen LogP contribution >= 0.6 is 11.6 Å². The van der Waals surface area contributed by atoms with Crippen molar-refractivity contribution >= 4 is 17.5 Å². The van der Waals surface area contributed by atoms with Crippen LogP contribution in [0.1, 0.15) is 25.0 Å². The van der Waals surface area contributed by atoms with Crippen LogP contribution in [0.2, 0.25) is 5.02 Å². The summed E-state index contributed by atoms with van der Waals surface area (Å²) in [6.07, 6.45) is 0. The summed E-state index contributed by atoms with van der Waals surface area (Å²) < 4.78 is 0. The van der Waals surface area contributed by atoms with Gasteiger partial charge in [-0.05, 0) is 44.0 Å². The molecule has 3 nitrogen and oxygen atoms in total. The molecule has 0 aliphatic rings. The third-order valence-electron chi connectivity index (χ3n) is 2.77. The molecule has 0 bridgehead atoms. The Morgan fingerprint density at radius 1 is 1.47 bits per heavy atom. The van der Waals surface area contributed by atoms with Gasteiger partial charge in [-0.1, -0.05) is 17.7 Å². The van der Waals surface area contributed by atoms with E-state index in [0.29, 0.717) is 6.54 Å². The van der Waals surface area contributed by atoms with Gasteiger partial charge in [0.05, 0.1) is 6.54 Å². The van der Waals surface area contributed by atoms with Gasteiger partial charge in [-0.25, -0.2) is 0 Å². The van der Waals surface area contributed by atoms with Crippen molar-refractivity contribution in [1.82, 2.24) is 4.90 Å². The third kappa shape index (κ3) is 4.36. The SMILES string of the molecule is Cc1cc(Cl)ccc1CN(CC(N)=O)C(C)C. The molecule has 0 heterocycles. The molecule has 0 atom stereocenters. The van der Waals surface area contributed by atoms with Crippen LogP contribution in [0.4, 0.5) is 0 Å². The van der Waals surface area contributed by atoms with Gasteiger partial charge in [-0.3, -0.25) is 9.69 Å². The molecule has 1 aromatic carbocycles. The molecule has 0 aliphatic heterocycles. The number of benzene rings is 1. The summed E-state index contributed by atoms with van der Waals surface area (Å²) >= 11 is 5.91. The highest BCUT2D eigenvalue weighted by Crippen LogP contribution is 2.17. The predicted molar refractivity (Wildman–Crippen MR) is 70.9 cm³/mol. The number of halogens is 1. The van der Waals surface area contributed by atoms with E-state index in [2.05, 4.69) is 0 Å². The highest BCUT2D eigenvalue weighted by atomic mass is 35.5. The van der Waals surface area contributed by atoms with E-state index in [4.69, 9.17) is 17.3 Å². The first-order chi connectivity index (χ1) is 7.90. The maximum absolute atomic E-state index is 11.0. The van der Waals surface area contributed by atoms with Gasteiger partial charge in [0.25, 0.3) is 0 Å². The zero-order valence-corrected chi connectivity index (χ0v) is 11.3. The molecule has 1 rings (SSSR count). The Kier molecular flexibility index (Phi) is 4.97. The number of aryl methyl sites for hydroxylation is 1. The van der Waals surface area contributed by atoms with Gasteiger partial charge in [-0.15, -0.1) is 0 Å². The highest BCUT2D eigenvalue weighted by Gasteiger charge is 2.13. The number of nitrogens with two attached hydrogens (primary N) is 1. The van der Waals surface area contributed by atoms with Crippen LogP contribution in [0.5, 0.6) is 0 Å². The van der Waals surface area contributed by atoms with Crippen molar-refractivity contribution < 1.29 is 4.79 Å². The molecule has 0 fully saturated rings. The fourth-order valence-electron chi connectivity index (χ4n) is 1.68. The van der Waals surface area contributed by atoms with Crippen LogP contribution in [0.3, 0.4) is 0 Å². The van der Waals surface area contributed by atoms with E-state index < -0.39 is 0 Å². The van der Waals surface area contributed by atoms with E-state index in [9.17, 15) is 4.79 Å². The number of carbonyl (C=O) groups excluding carboxylic acids is 1. The van der Waals surface area contributed by atoms with E-state index >= 15 is 0 Å². The Balaban J connectivity index is 2.82. The smallest absolute Gasteiger partial charge is 0.231 e. The Labute approximate surface area is 108 Å². The number of primary amides is 1. The fraction of sp³-hybridized carbons (Fsp3) is 0.462. The van der Waals surface area contributed by atoms with Crippen molar-refractivity contribution in [3.8, 4) is 0 Å². The van der Waals surface area contributed by atoms with E-state index in [1.807, 2.05) is 43.9 Å². The lowest BCUT2D eigenvalue weighted by atomic mass is 10.1. The molecule has 17 heavy (non-hydrogen) atoms. The topological polar surface area (TPSA) is 46.3 Å². The Hall–Kier alpha value is -1.06. The first-order valence-corrected chi connectivity index (χ1v) is 6.05. The zero-order valence-electron chi connectivity index (χ0n) is 10.5. The largest absolute Gasteiger partial charge is 0.369 e. The van der Waals surface area contributed by atoms with Crippen LogP contribution in [0.15, 0.2) is 18.2 Å². The van der Waals surface area contributed by atoms with Crippen LogP contribution in [0, 0.1) is 6.92 Å². The summed E-state index contributed by atoms with van der Waals surface area (Å²) in [5, 5.41) is 0.734. The monoisotopic (exact) mass is 254 g/mol. The molecule has 0 radical (unpaired) electrons. The molecular formula is C13H19ClN2O. The number of nitrogens with zero attached hydrogens (tertiary/aromatic N) is 1. The lowest BCUT2D eigenvalue weighted by Gasteiger charge is -2.25. The summed E-state index contributed by atoms with van der Waals surface area (Å²) in [4.78, 5) is 13.0. The minimum atomic E-state index is -0.301. The van der Waals surface area contributed by atoms with Crippen LogP contribution in [-0.2, 0) is 11.3 Å². The van der Waals surface area contributed by atoms with Crippen LogP contribution in [-0.4, -0.2) is 23.4 Å². The Bertz CT molecular complexity index is 404. The van der Waals surface area contributed by atoms with Crippen molar-refractivity contribution in [3.05, 3.63) is 34.3 Å². The molecular weight excluding hydrogens is 236 g/mol. The lowest BCUT2D eigenvalue weighted by molar-refractivity contribution is -0.119. The quantitative estimate of drug-likeness (QED) is 0.877. The summed E-state index contributed by atoms with van der Waals surface area (Å²) in [5.41, 5.74) is 7.55. The number of carbonyl (C=O) groups is 1. The molecule has 0 saturated heterocycles. The molecule has 0 aliphatic carbocycles. The number of hydrogen-bond donors (Lipinski definition) is 1. The number of hydrogen-bond acceptors (Lipinski definition) is 2. The average Bonchev–Trinajstić information content (AvgIpc) is 2.19. The number of amides is 1. The average molecular weight is 255 g/mol. The van der Waals surface area contributed by atoms with Gasteiger partial charge >= 0.3 is 0 Å². The van der Waals surface area contributed by atoms with E-state index in [1.165, 1.54) is 5.56 Å². The maximum atomic E-state index is 11.0. The molecule has 4 heteroatoms. The second-order valence-corrected chi connectivity index (χ2v) is 4.97. The van der Waals surface area contributed by atoms with Crippen LogP contribution < -0.4 is 5.73 Å². The Morgan fingerprint density at radius 3 is 2.59 bits per heavy atom. The molecule has 0 spiro atoms. The first kappa shape index (κ1) is 14.0. The Morgan fingerprint density at radius 2 is 2.12 bits per heavy atom. The van der Waals surface area contributed by atoms with Gasteiger partial charge in [0.1, 0.15) is 0 Å². The van der Waals surface area contributed by atoms with Crippen molar-refractivity contribution in [2.75, 3.05) is 6.54 Å². The first-order valence-electron chi connectivity index (χ1n) is 5.67. The molecule has 1 amide bonds. The van der Waals surface area contributed by atoms with Gasteiger partial charge in [0, 0.05) is 17.6 Å². The summed E-state index contributed by atoms with van der Waals surface area (Å²) in [5.74, 6) is -0.301. The molecule has 94 valence electrons. The summed E-state index contributed by atoms with van der Waals surface area (Å²) in [6, 6.07) is 6.07. The standard InChI is InChI=1S/C13H19ClN2O/c1-9(2)16(8-13(15)17)7-11-4-5-12(14)6-10(11)3/h4-6,9H,7-8H2,1-3H3,(H2,15,17). The molecule has 0 unspecified atom stereocenters. The predicted octanol–water partition coefficient (Wildman–Crippen LogP) is 2.34. The van der Waals surface area contributed by atoms with Crippen molar-refractivity contribution in [3.63, 3.8) is 0 Å². The normalized spacial score (nSPS) is 11.2. The molecule has 0 saturated carbocycles. The van der Waals surface area contributed by atoms with Crippen LogP contribution in [0.25, 0.3) is 0 Å². The number of rotatable bonds is 5. The van der Waals surface area contributed by atoms with Gasteiger partial charge in [0.2, 0.25) is 5.91 Å². The minimum Gasteiger partial charge on any atom is -0.369 e. The molecule has 1 aromatic rings. The fourth-order valence-corrected chi connectivity index (χ4v) is 1.90. The van der Waals surface area contributed by atoms with Gasteiger partial charge < -0.3 is 5.73 Å². The van der Waals surface area contributed by atoms with Crippen molar-refractivity contribution in [2.24, 2.45) is 5.73 Å². The third-order valence-corrected chi connectivity index (χ3v) is 3.00. The lowest BCUT2D eigenvalue weighted by Crippen LogP contribution is -2.38. The second kappa shape index (κ2) is 6.03. The van der Waals surface area contributed by atoms with E-state index in [0.717, 1.165) is 10.6 Å². The van der Waals surface area contributed by atoms with Crippen molar-refractivity contribution in [2.45, 2.75) is 33.4 Å². The minimum absolute atomic E-state index is 0.276. The van der Waals surface area contributed by atoms with Gasteiger partial charge in [0.15, 0.2) is 0 Å². The van der Waals surface area contributed by atoms with E-state index in [-0.39, 0.29) is 18.5 Å². The summed E-state index contributed by atoms with van der Waals surface area (Å²) in [6.45, 7) is 7.11.